The third-order valence-electron chi connectivity index (χ3n) is 3.14. The summed E-state index contributed by atoms with van der Waals surface area (Å²) in [6.45, 7) is 6.23. The highest BCUT2D eigenvalue weighted by Crippen LogP contribution is 2.31. The highest BCUT2D eigenvalue weighted by Gasteiger charge is 2.24. The molecule has 2 unspecified atom stereocenters. The molecule has 0 saturated heterocycles. The van der Waals surface area contributed by atoms with Crippen LogP contribution in [0.25, 0.3) is 0 Å². The number of thioether (sulfide) groups is 1. The van der Waals surface area contributed by atoms with Crippen LogP contribution in [0.3, 0.4) is 0 Å². The van der Waals surface area contributed by atoms with Crippen LogP contribution in [0.15, 0.2) is 12.4 Å². The van der Waals surface area contributed by atoms with Crippen molar-refractivity contribution in [3.05, 3.63) is 12.4 Å². The number of anilines is 1. The minimum Gasteiger partial charge on any atom is -0.475 e. The molecule has 19 heavy (non-hydrogen) atoms. The maximum atomic E-state index is 5.58. The molecule has 1 aromatic rings. The molecule has 1 saturated carbocycles. The SMILES string of the molecule is CCSC1CCC(Nc2cc(OC(C)C)ncn2)C1. The van der Waals surface area contributed by atoms with Crippen molar-refractivity contribution in [1.29, 1.82) is 0 Å². The summed E-state index contributed by atoms with van der Waals surface area (Å²) in [7, 11) is 0. The van der Waals surface area contributed by atoms with E-state index in [0.717, 1.165) is 11.1 Å². The predicted molar refractivity (Wildman–Crippen MR) is 81.0 cm³/mol. The van der Waals surface area contributed by atoms with Crippen molar-refractivity contribution in [1.82, 2.24) is 9.97 Å². The van der Waals surface area contributed by atoms with Gasteiger partial charge in [-0.2, -0.15) is 11.8 Å². The molecule has 0 aliphatic heterocycles. The fourth-order valence-corrected chi connectivity index (χ4v) is 3.53. The second kappa shape index (κ2) is 6.98. The molecule has 0 aromatic carbocycles. The molecular weight excluding hydrogens is 258 g/mol. The number of ether oxygens (including phenoxy) is 1. The number of nitrogens with one attached hydrogen (secondary N) is 1. The first kappa shape index (κ1) is 14.4. The third-order valence-corrected chi connectivity index (χ3v) is 4.37. The Bertz CT molecular complexity index is 400. The Balaban J connectivity index is 1.89. The van der Waals surface area contributed by atoms with Crippen LogP contribution in [0.4, 0.5) is 5.82 Å². The van der Waals surface area contributed by atoms with E-state index in [1.165, 1.54) is 25.0 Å². The molecule has 106 valence electrons. The average Bonchev–Trinajstić information content (AvgIpc) is 2.76. The Hall–Kier alpha value is -0.970. The molecule has 0 spiro atoms. The fourth-order valence-electron chi connectivity index (χ4n) is 2.39. The van der Waals surface area contributed by atoms with Gasteiger partial charge >= 0.3 is 0 Å². The average molecular weight is 281 g/mol. The molecule has 5 heteroatoms. The van der Waals surface area contributed by atoms with Crippen molar-refractivity contribution in [2.24, 2.45) is 0 Å². The monoisotopic (exact) mass is 281 g/mol. The summed E-state index contributed by atoms with van der Waals surface area (Å²) in [5.74, 6) is 2.72. The van der Waals surface area contributed by atoms with Crippen molar-refractivity contribution in [3.63, 3.8) is 0 Å². The topological polar surface area (TPSA) is 47.0 Å². The van der Waals surface area contributed by atoms with Gasteiger partial charge in [-0.1, -0.05) is 6.92 Å². The molecule has 0 bridgehead atoms. The minimum absolute atomic E-state index is 0.138. The van der Waals surface area contributed by atoms with E-state index in [1.807, 2.05) is 19.9 Å². The van der Waals surface area contributed by atoms with E-state index >= 15 is 0 Å². The molecule has 2 rings (SSSR count). The van der Waals surface area contributed by atoms with Crippen LogP contribution in [0.1, 0.15) is 40.0 Å². The number of aromatic nitrogens is 2. The molecular formula is C14H23N3OS. The van der Waals surface area contributed by atoms with E-state index in [1.54, 1.807) is 6.33 Å². The van der Waals surface area contributed by atoms with Gasteiger partial charge in [0.05, 0.1) is 6.10 Å². The van der Waals surface area contributed by atoms with Crippen molar-refractivity contribution < 1.29 is 4.74 Å². The lowest BCUT2D eigenvalue weighted by molar-refractivity contribution is 0.232. The lowest BCUT2D eigenvalue weighted by Crippen LogP contribution is -2.17. The molecule has 0 amide bonds. The van der Waals surface area contributed by atoms with E-state index in [0.29, 0.717) is 11.9 Å². The zero-order valence-electron chi connectivity index (χ0n) is 11.9. The normalized spacial score (nSPS) is 22.7. The summed E-state index contributed by atoms with van der Waals surface area (Å²) in [5, 5.41) is 4.30. The van der Waals surface area contributed by atoms with Gasteiger partial charge in [0.1, 0.15) is 12.1 Å². The number of nitrogens with zero attached hydrogens (tertiary/aromatic N) is 2. The Morgan fingerprint density at radius 3 is 3.00 bits per heavy atom. The summed E-state index contributed by atoms with van der Waals surface area (Å²) >= 11 is 2.07. The van der Waals surface area contributed by atoms with Crippen LogP contribution in [-0.2, 0) is 0 Å². The van der Waals surface area contributed by atoms with Gasteiger partial charge < -0.3 is 10.1 Å². The third kappa shape index (κ3) is 4.56. The van der Waals surface area contributed by atoms with Crippen molar-refractivity contribution in [2.45, 2.75) is 57.4 Å². The predicted octanol–water partition coefficient (Wildman–Crippen LogP) is 3.35. The van der Waals surface area contributed by atoms with Crippen molar-refractivity contribution in [3.8, 4) is 5.88 Å². The van der Waals surface area contributed by atoms with Crippen LogP contribution >= 0.6 is 11.8 Å². The Morgan fingerprint density at radius 2 is 2.26 bits per heavy atom. The Labute approximate surface area is 119 Å². The number of hydrogen-bond acceptors (Lipinski definition) is 5. The summed E-state index contributed by atoms with van der Waals surface area (Å²) in [6.07, 6.45) is 5.45. The molecule has 0 radical (unpaired) electrons. The van der Waals surface area contributed by atoms with Crippen molar-refractivity contribution in [2.75, 3.05) is 11.1 Å². The first-order valence-electron chi connectivity index (χ1n) is 7.04. The van der Waals surface area contributed by atoms with E-state index in [2.05, 4.69) is 34.0 Å². The summed E-state index contributed by atoms with van der Waals surface area (Å²) in [6, 6.07) is 2.42. The summed E-state index contributed by atoms with van der Waals surface area (Å²) in [5.41, 5.74) is 0. The maximum Gasteiger partial charge on any atom is 0.218 e. The lowest BCUT2D eigenvalue weighted by atomic mass is 10.2. The smallest absolute Gasteiger partial charge is 0.218 e. The van der Waals surface area contributed by atoms with E-state index in [4.69, 9.17) is 4.74 Å². The molecule has 1 aliphatic carbocycles. The summed E-state index contributed by atoms with van der Waals surface area (Å²) < 4.78 is 5.58. The highest BCUT2D eigenvalue weighted by atomic mass is 32.2. The van der Waals surface area contributed by atoms with E-state index in [9.17, 15) is 0 Å². The standard InChI is InChI=1S/C14H23N3OS/c1-4-19-12-6-5-11(7-12)17-13-8-14(16-9-15-13)18-10(2)3/h8-12H,4-7H2,1-3H3,(H,15,16,17). The molecule has 1 N–H and O–H groups in total. The van der Waals surface area contributed by atoms with Gasteiger partial charge in [0.15, 0.2) is 0 Å². The van der Waals surface area contributed by atoms with Crippen LogP contribution < -0.4 is 10.1 Å². The second-order valence-corrected chi connectivity index (χ2v) is 6.72. The summed E-state index contributed by atoms with van der Waals surface area (Å²) in [4.78, 5) is 8.39. The second-order valence-electron chi connectivity index (χ2n) is 5.14. The van der Waals surface area contributed by atoms with Gasteiger partial charge in [-0.15, -0.1) is 0 Å². The van der Waals surface area contributed by atoms with Gasteiger partial charge in [0.25, 0.3) is 0 Å². The lowest BCUT2D eigenvalue weighted by Gasteiger charge is -2.14. The Kier molecular flexibility index (Phi) is 5.31. The molecule has 1 aromatic heterocycles. The highest BCUT2D eigenvalue weighted by molar-refractivity contribution is 7.99. The quantitative estimate of drug-likeness (QED) is 0.866. The fraction of sp³-hybridized carbons (Fsp3) is 0.714. The first-order valence-corrected chi connectivity index (χ1v) is 8.09. The first-order chi connectivity index (χ1) is 9.17. The van der Waals surface area contributed by atoms with Gasteiger partial charge in [-0.3, -0.25) is 0 Å². The minimum atomic E-state index is 0.138. The number of hydrogen-bond donors (Lipinski definition) is 1. The van der Waals surface area contributed by atoms with Gasteiger partial charge in [0.2, 0.25) is 5.88 Å². The van der Waals surface area contributed by atoms with Crippen molar-refractivity contribution >= 4 is 17.6 Å². The van der Waals surface area contributed by atoms with Crippen LogP contribution in [0, 0.1) is 0 Å². The molecule has 2 atom stereocenters. The molecule has 1 fully saturated rings. The van der Waals surface area contributed by atoms with Crippen LogP contribution in [0.5, 0.6) is 5.88 Å². The van der Waals surface area contributed by atoms with Gasteiger partial charge in [-0.05, 0) is 38.9 Å². The van der Waals surface area contributed by atoms with Crippen LogP contribution in [-0.4, -0.2) is 33.1 Å². The maximum absolute atomic E-state index is 5.58. The van der Waals surface area contributed by atoms with E-state index < -0.39 is 0 Å². The Morgan fingerprint density at radius 1 is 1.42 bits per heavy atom. The molecule has 1 heterocycles. The zero-order chi connectivity index (χ0) is 13.7. The zero-order valence-corrected chi connectivity index (χ0v) is 12.7. The largest absolute Gasteiger partial charge is 0.475 e. The molecule has 1 aliphatic rings. The van der Waals surface area contributed by atoms with Gasteiger partial charge in [0, 0.05) is 17.4 Å². The molecule has 4 nitrogen and oxygen atoms in total. The van der Waals surface area contributed by atoms with Crippen LogP contribution in [0.2, 0.25) is 0 Å². The van der Waals surface area contributed by atoms with E-state index in [-0.39, 0.29) is 6.10 Å². The van der Waals surface area contributed by atoms with Gasteiger partial charge in [-0.25, -0.2) is 9.97 Å². The number of rotatable bonds is 6.